The smallest absolute Gasteiger partial charge is 0.418 e. The molecule has 3 amide bonds. The minimum atomic E-state index is -4.68. The number of anilines is 1. The maximum Gasteiger partial charge on any atom is 0.418 e. The fourth-order valence-corrected chi connectivity index (χ4v) is 7.03. The van der Waals surface area contributed by atoms with Crippen molar-refractivity contribution in [2.75, 3.05) is 11.9 Å². The zero-order valence-corrected chi connectivity index (χ0v) is 30.3. The number of fused-ring (bicyclic) bond motifs is 1. The van der Waals surface area contributed by atoms with E-state index in [0.29, 0.717) is 36.5 Å². The minimum absolute atomic E-state index is 0.0631. The van der Waals surface area contributed by atoms with Crippen molar-refractivity contribution in [3.8, 4) is 16.9 Å². The van der Waals surface area contributed by atoms with E-state index in [9.17, 15) is 27.6 Å². The molecule has 1 aliphatic carbocycles. The SMILES string of the molecule is O=C(CN(Cc1ccco1)C(=O)C1CC(NC(=O)c2cncc(-n3cc(Cn4c(-c5ccccc5)cc5ccccc54)nn3)c2)C1)Nc1ccccc1C(F)(F)F. The summed E-state index contributed by atoms with van der Waals surface area (Å²) in [4.78, 5) is 45.4. The highest BCUT2D eigenvalue weighted by Gasteiger charge is 2.39. The molecule has 0 atom stereocenters. The topological polar surface area (TPSA) is 140 Å². The van der Waals surface area contributed by atoms with Gasteiger partial charge in [-0.05, 0) is 60.9 Å². The zero-order valence-electron chi connectivity index (χ0n) is 30.3. The van der Waals surface area contributed by atoms with Gasteiger partial charge in [0.05, 0.1) is 54.2 Å². The number of furan rings is 1. The molecule has 8 rings (SSSR count). The van der Waals surface area contributed by atoms with Crippen molar-refractivity contribution < 1.29 is 32.0 Å². The molecule has 288 valence electrons. The van der Waals surface area contributed by atoms with Gasteiger partial charge in [-0.3, -0.25) is 19.4 Å². The molecule has 0 radical (unpaired) electrons. The van der Waals surface area contributed by atoms with E-state index in [1.807, 2.05) is 30.3 Å². The van der Waals surface area contributed by atoms with Crippen molar-refractivity contribution in [2.24, 2.45) is 5.92 Å². The van der Waals surface area contributed by atoms with Crippen molar-refractivity contribution in [1.29, 1.82) is 0 Å². The Bertz CT molecular complexity index is 2540. The lowest BCUT2D eigenvalue weighted by atomic mass is 9.79. The van der Waals surface area contributed by atoms with Gasteiger partial charge in [-0.1, -0.05) is 65.9 Å². The second-order valence-corrected chi connectivity index (χ2v) is 13.8. The molecule has 0 saturated heterocycles. The van der Waals surface area contributed by atoms with E-state index < -0.39 is 35.8 Å². The van der Waals surface area contributed by atoms with E-state index in [1.54, 1.807) is 35.3 Å². The van der Waals surface area contributed by atoms with Crippen LogP contribution in [0.4, 0.5) is 18.9 Å². The van der Waals surface area contributed by atoms with Gasteiger partial charge < -0.3 is 24.5 Å². The highest BCUT2D eigenvalue weighted by molar-refractivity contribution is 5.96. The Morgan fingerprint density at radius 2 is 1.67 bits per heavy atom. The van der Waals surface area contributed by atoms with Crippen LogP contribution >= 0.6 is 0 Å². The van der Waals surface area contributed by atoms with Gasteiger partial charge in [-0.15, -0.1) is 5.10 Å². The number of carbonyl (C=O) groups excluding carboxylic acids is 3. The average Bonchev–Trinajstić information content (AvgIpc) is 3.97. The van der Waals surface area contributed by atoms with Gasteiger partial charge in [-0.2, -0.15) is 13.2 Å². The monoisotopic (exact) mass is 772 g/mol. The molecule has 3 aromatic carbocycles. The van der Waals surface area contributed by atoms with Gasteiger partial charge in [0.25, 0.3) is 5.91 Å². The molecule has 0 aliphatic heterocycles. The van der Waals surface area contributed by atoms with E-state index in [4.69, 9.17) is 4.42 Å². The lowest BCUT2D eigenvalue weighted by molar-refractivity contribution is -0.142. The third-order valence-corrected chi connectivity index (χ3v) is 9.89. The molecule has 7 aromatic rings. The summed E-state index contributed by atoms with van der Waals surface area (Å²) < 4.78 is 49.7. The number of para-hydroxylation sites is 2. The van der Waals surface area contributed by atoms with Crippen LogP contribution < -0.4 is 10.6 Å². The highest BCUT2D eigenvalue weighted by Crippen LogP contribution is 2.35. The highest BCUT2D eigenvalue weighted by atomic mass is 19.4. The van der Waals surface area contributed by atoms with E-state index in [-0.39, 0.29) is 30.0 Å². The number of aromatic nitrogens is 5. The first-order chi connectivity index (χ1) is 27.6. The lowest BCUT2D eigenvalue weighted by Crippen LogP contribution is -2.51. The molecule has 57 heavy (non-hydrogen) atoms. The molecule has 4 heterocycles. The third kappa shape index (κ3) is 8.17. The van der Waals surface area contributed by atoms with Gasteiger partial charge >= 0.3 is 6.18 Å². The van der Waals surface area contributed by atoms with Crippen LogP contribution in [0.5, 0.6) is 0 Å². The molecule has 1 fully saturated rings. The lowest BCUT2D eigenvalue weighted by Gasteiger charge is -2.37. The Morgan fingerprint density at radius 1 is 0.895 bits per heavy atom. The maximum atomic E-state index is 13.6. The first-order valence-electron chi connectivity index (χ1n) is 18.2. The molecule has 0 spiro atoms. The van der Waals surface area contributed by atoms with Crippen LogP contribution in [0, 0.1) is 5.92 Å². The van der Waals surface area contributed by atoms with Crippen molar-refractivity contribution in [3.05, 3.63) is 151 Å². The summed E-state index contributed by atoms with van der Waals surface area (Å²) in [6, 6.07) is 29.7. The first-order valence-corrected chi connectivity index (χ1v) is 18.2. The van der Waals surface area contributed by atoms with Gasteiger partial charge in [0.15, 0.2) is 0 Å². The summed E-state index contributed by atoms with van der Waals surface area (Å²) in [6.07, 6.45) is 2.17. The summed E-state index contributed by atoms with van der Waals surface area (Å²) in [5.74, 6) is -1.69. The fourth-order valence-electron chi connectivity index (χ4n) is 7.03. The number of nitrogens with zero attached hydrogens (tertiary/aromatic N) is 6. The number of hydrogen-bond donors (Lipinski definition) is 2. The van der Waals surface area contributed by atoms with E-state index in [0.717, 1.165) is 34.3 Å². The van der Waals surface area contributed by atoms with Crippen LogP contribution in [0.2, 0.25) is 0 Å². The molecule has 0 bridgehead atoms. The van der Waals surface area contributed by atoms with Gasteiger partial charge in [0, 0.05) is 34.8 Å². The number of amides is 3. The minimum Gasteiger partial charge on any atom is -0.467 e. The van der Waals surface area contributed by atoms with E-state index in [1.165, 1.54) is 29.5 Å². The number of alkyl halides is 3. The number of hydrogen-bond acceptors (Lipinski definition) is 7. The van der Waals surface area contributed by atoms with Crippen LogP contribution in [0.25, 0.3) is 27.8 Å². The third-order valence-electron chi connectivity index (χ3n) is 9.89. The van der Waals surface area contributed by atoms with E-state index in [2.05, 4.69) is 60.8 Å². The number of halogens is 3. The summed E-state index contributed by atoms with van der Waals surface area (Å²) in [6.45, 7) is -0.104. The van der Waals surface area contributed by atoms with Crippen LogP contribution in [-0.2, 0) is 28.9 Å². The first kappa shape index (κ1) is 36.9. The molecular weight excluding hydrogens is 738 g/mol. The van der Waals surface area contributed by atoms with Crippen molar-refractivity contribution in [3.63, 3.8) is 0 Å². The molecule has 12 nitrogen and oxygen atoms in total. The molecule has 1 aliphatic rings. The number of nitrogens with one attached hydrogen (secondary N) is 2. The van der Waals surface area contributed by atoms with Crippen LogP contribution in [0.3, 0.4) is 0 Å². The largest absolute Gasteiger partial charge is 0.467 e. The van der Waals surface area contributed by atoms with Gasteiger partial charge in [-0.25, -0.2) is 4.68 Å². The van der Waals surface area contributed by atoms with Crippen molar-refractivity contribution in [2.45, 2.75) is 38.1 Å². The molecule has 2 N–H and O–H groups in total. The Morgan fingerprint density at radius 3 is 2.46 bits per heavy atom. The predicted octanol–water partition coefficient (Wildman–Crippen LogP) is 7.12. The van der Waals surface area contributed by atoms with E-state index >= 15 is 0 Å². The molecular formula is C42H35F3N8O4. The Balaban J connectivity index is 0.901. The fraction of sp³-hybridized carbons (Fsp3) is 0.190. The second kappa shape index (κ2) is 15.6. The summed E-state index contributed by atoms with van der Waals surface area (Å²) in [5.41, 5.74) is 3.32. The Labute approximate surface area is 323 Å². The standard InChI is InChI=1S/C42H35F3N8O4/c43-42(44,45)35-13-5-6-14-36(35)48-39(54)26-51(25-34-12-8-16-57-34)41(56)29-17-31(18-29)47-40(55)30-19-33(22-46-21-30)53-24-32(49-50-53)23-52-37-15-7-4-11-28(37)20-38(52)27-9-2-1-3-10-27/h1-16,19-22,24,29,31H,17-18,23,25-26H2,(H,47,55)(H,48,54). The molecule has 4 aromatic heterocycles. The normalized spacial score (nSPS) is 15.2. The van der Waals surface area contributed by atoms with Gasteiger partial charge in [0.2, 0.25) is 11.8 Å². The number of pyridine rings is 1. The quantitative estimate of drug-likeness (QED) is 0.135. The van der Waals surface area contributed by atoms with Gasteiger partial charge in [0.1, 0.15) is 18.0 Å². The molecule has 15 heteroatoms. The van der Waals surface area contributed by atoms with Crippen LogP contribution in [-0.4, -0.2) is 59.8 Å². The number of carbonyl (C=O) groups is 3. The summed E-state index contributed by atoms with van der Waals surface area (Å²) >= 11 is 0. The second-order valence-electron chi connectivity index (χ2n) is 13.8. The zero-order chi connectivity index (χ0) is 39.5. The molecule has 0 unspecified atom stereocenters. The summed E-state index contributed by atoms with van der Waals surface area (Å²) in [7, 11) is 0. The van der Waals surface area contributed by atoms with Crippen LogP contribution in [0.15, 0.2) is 132 Å². The number of benzene rings is 3. The average molecular weight is 773 g/mol. The van der Waals surface area contributed by atoms with Crippen molar-refractivity contribution >= 4 is 34.3 Å². The molecule has 1 saturated carbocycles. The summed E-state index contributed by atoms with van der Waals surface area (Å²) in [5, 5.41) is 15.1. The van der Waals surface area contributed by atoms with Crippen molar-refractivity contribution in [1.82, 2.24) is 34.8 Å². The Hall–Kier alpha value is -7.03. The number of rotatable bonds is 12. The predicted molar refractivity (Wildman–Crippen MR) is 204 cm³/mol. The maximum absolute atomic E-state index is 13.6. The van der Waals surface area contributed by atoms with Crippen LogP contribution in [0.1, 0.15) is 40.2 Å². The Kier molecular flexibility index (Phi) is 10.1.